The van der Waals surface area contributed by atoms with Crippen LogP contribution in [0.3, 0.4) is 0 Å². The average molecular weight is 305 g/mol. The van der Waals surface area contributed by atoms with Crippen molar-refractivity contribution >= 4 is 17.6 Å². The number of carbonyl (C=O) groups excluding carboxylic acids is 2. The summed E-state index contributed by atoms with van der Waals surface area (Å²) in [6, 6.07) is 6.96. The molecule has 0 aliphatic carbocycles. The molecule has 1 fully saturated rings. The molecule has 120 valence electrons. The first-order valence-corrected chi connectivity index (χ1v) is 7.48. The molecule has 1 aromatic carbocycles. The van der Waals surface area contributed by atoms with Crippen molar-refractivity contribution in [3.05, 3.63) is 24.3 Å². The zero-order valence-corrected chi connectivity index (χ0v) is 13.3. The number of nitrogens with one attached hydrogen (secondary N) is 2. The van der Waals surface area contributed by atoms with Crippen LogP contribution >= 0.6 is 0 Å². The van der Waals surface area contributed by atoms with Crippen LogP contribution < -0.4 is 20.3 Å². The van der Waals surface area contributed by atoms with E-state index < -0.39 is 0 Å². The van der Waals surface area contributed by atoms with Gasteiger partial charge in [-0.3, -0.25) is 4.79 Å². The Labute approximate surface area is 130 Å². The third-order valence-electron chi connectivity index (χ3n) is 3.50. The fourth-order valence-corrected chi connectivity index (χ4v) is 2.37. The second-order valence-corrected chi connectivity index (χ2v) is 5.86. The van der Waals surface area contributed by atoms with Crippen LogP contribution in [0.15, 0.2) is 24.3 Å². The topological polar surface area (TPSA) is 70.7 Å². The zero-order chi connectivity index (χ0) is 16.1. The van der Waals surface area contributed by atoms with E-state index in [4.69, 9.17) is 4.74 Å². The van der Waals surface area contributed by atoms with Gasteiger partial charge in [-0.05, 0) is 18.1 Å². The minimum Gasteiger partial charge on any atom is -0.497 e. The SMILES string of the molecule is COc1cccc(N2C[C@H](NC(=O)NCC(C)C)CC2=O)c1. The monoisotopic (exact) mass is 305 g/mol. The molecular formula is C16H23N3O3. The van der Waals surface area contributed by atoms with Crippen molar-refractivity contribution in [3.8, 4) is 5.75 Å². The van der Waals surface area contributed by atoms with E-state index in [9.17, 15) is 9.59 Å². The normalized spacial score (nSPS) is 17.7. The highest BCUT2D eigenvalue weighted by molar-refractivity contribution is 5.97. The third kappa shape index (κ3) is 4.13. The molecule has 2 N–H and O–H groups in total. The maximum absolute atomic E-state index is 12.1. The number of ether oxygens (including phenoxy) is 1. The molecule has 1 aliphatic heterocycles. The molecule has 0 spiro atoms. The van der Waals surface area contributed by atoms with Crippen molar-refractivity contribution < 1.29 is 14.3 Å². The van der Waals surface area contributed by atoms with Gasteiger partial charge in [0.15, 0.2) is 0 Å². The highest BCUT2D eigenvalue weighted by atomic mass is 16.5. The van der Waals surface area contributed by atoms with Gasteiger partial charge < -0.3 is 20.3 Å². The molecular weight excluding hydrogens is 282 g/mol. The van der Waals surface area contributed by atoms with Gasteiger partial charge in [0.25, 0.3) is 0 Å². The van der Waals surface area contributed by atoms with E-state index >= 15 is 0 Å². The number of rotatable bonds is 5. The van der Waals surface area contributed by atoms with E-state index in [-0.39, 0.29) is 18.0 Å². The van der Waals surface area contributed by atoms with Gasteiger partial charge in [-0.2, -0.15) is 0 Å². The molecule has 0 radical (unpaired) electrons. The first-order chi connectivity index (χ1) is 10.5. The van der Waals surface area contributed by atoms with Crippen molar-refractivity contribution in [2.24, 2.45) is 5.92 Å². The summed E-state index contributed by atoms with van der Waals surface area (Å²) in [5, 5.41) is 5.65. The van der Waals surface area contributed by atoms with Gasteiger partial charge in [-0.1, -0.05) is 19.9 Å². The molecule has 0 aromatic heterocycles. The highest BCUT2D eigenvalue weighted by Crippen LogP contribution is 2.25. The predicted molar refractivity (Wildman–Crippen MR) is 85.1 cm³/mol. The summed E-state index contributed by atoms with van der Waals surface area (Å²) in [6.45, 7) is 5.15. The fraction of sp³-hybridized carbons (Fsp3) is 0.500. The lowest BCUT2D eigenvalue weighted by Crippen LogP contribution is -2.44. The molecule has 0 saturated carbocycles. The Balaban J connectivity index is 1.94. The molecule has 1 atom stereocenters. The Kier molecular flexibility index (Phi) is 5.25. The molecule has 1 aromatic rings. The molecule has 1 heterocycles. The maximum atomic E-state index is 12.1. The molecule has 3 amide bonds. The number of carbonyl (C=O) groups is 2. The van der Waals surface area contributed by atoms with Gasteiger partial charge in [0.2, 0.25) is 5.91 Å². The van der Waals surface area contributed by atoms with Gasteiger partial charge in [-0.15, -0.1) is 0 Å². The lowest BCUT2D eigenvalue weighted by atomic mass is 10.2. The number of nitrogens with zero attached hydrogens (tertiary/aromatic N) is 1. The van der Waals surface area contributed by atoms with E-state index in [0.717, 1.165) is 5.69 Å². The van der Waals surface area contributed by atoms with Crippen molar-refractivity contribution in [1.29, 1.82) is 0 Å². The van der Waals surface area contributed by atoms with Crippen LogP contribution in [0.1, 0.15) is 20.3 Å². The van der Waals surface area contributed by atoms with E-state index in [1.54, 1.807) is 12.0 Å². The second-order valence-electron chi connectivity index (χ2n) is 5.86. The van der Waals surface area contributed by atoms with Crippen molar-refractivity contribution in [2.75, 3.05) is 25.1 Å². The Morgan fingerprint density at radius 2 is 2.23 bits per heavy atom. The van der Waals surface area contributed by atoms with Gasteiger partial charge in [0.1, 0.15) is 5.75 Å². The predicted octanol–water partition coefficient (Wildman–Crippen LogP) is 1.76. The summed E-state index contributed by atoms with van der Waals surface area (Å²) in [5.41, 5.74) is 0.788. The van der Waals surface area contributed by atoms with Crippen molar-refractivity contribution in [2.45, 2.75) is 26.3 Å². The van der Waals surface area contributed by atoms with Crippen LogP contribution in [0.2, 0.25) is 0 Å². The Hall–Kier alpha value is -2.24. The summed E-state index contributed by atoms with van der Waals surface area (Å²) < 4.78 is 5.18. The molecule has 0 unspecified atom stereocenters. The Bertz CT molecular complexity index is 545. The minimum absolute atomic E-state index is 0.00223. The summed E-state index contributed by atoms with van der Waals surface area (Å²) in [6.07, 6.45) is 0.312. The molecule has 6 nitrogen and oxygen atoms in total. The molecule has 2 rings (SSSR count). The van der Waals surface area contributed by atoms with Crippen LogP contribution in [-0.4, -0.2) is 38.2 Å². The van der Waals surface area contributed by atoms with Crippen LogP contribution in [0.4, 0.5) is 10.5 Å². The smallest absolute Gasteiger partial charge is 0.315 e. The second kappa shape index (κ2) is 7.15. The molecule has 6 heteroatoms. The number of urea groups is 1. The van der Waals surface area contributed by atoms with Crippen LogP contribution in [0.25, 0.3) is 0 Å². The molecule has 22 heavy (non-hydrogen) atoms. The first-order valence-electron chi connectivity index (χ1n) is 7.48. The highest BCUT2D eigenvalue weighted by Gasteiger charge is 2.31. The quantitative estimate of drug-likeness (QED) is 0.871. The van der Waals surface area contributed by atoms with Crippen molar-refractivity contribution in [1.82, 2.24) is 10.6 Å². The molecule has 1 aliphatic rings. The maximum Gasteiger partial charge on any atom is 0.315 e. The zero-order valence-electron chi connectivity index (χ0n) is 13.3. The molecule has 1 saturated heterocycles. The summed E-state index contributed by atoms with van der Waals surface area (Å²) >= 11 is 0. The summed E-state index contributed by atoms with van der Waals surface area (Å²) in [5.74, 6) is 1.10. The van der Waals surface area contributed by atoms with Gasteiger partial charge in [0.05, 0.1) is 13.2 Å². The van der Waals surface area contributed by atoms with Gasteiger partial charge >= 0.3 is 6.03 Å². The van der Waals surface area contributed by atoms with Crippen LogP contribution in [0.5, 0.6) is 5.75 Å². The lowest BCUT2D eigenvalue weighted by Gasteiger charge is -2.18. The van der Waals surface area contributed by atoms with Gasteiger partial charge in [0, 0.05) is 31.3 Å². The number of anilines is 1. The minimum atomic E-state index is -0.223. The number of amides is 3. The number of hydrogen-bond acceptors (Lipinski definition) is 3. The van der Waals surface area contributed by atoms with Crippen LogP contribution in [-0.2, 0) is 4.79 Å². The summed E-state index contributed by atoms with van der Waals surface area (Å²) in [7, 11) is 1.59. The summed E-state index contributed by atoms with van der Waals surface area (Å²) in [4.78, 5) is 25.6. The molecule has 0 bridgehead atoms. The largest absolute Gasteiger partial charge is 0.497 e. The first kappa shape index (κ1) is 16.1. The lowest BCUT2D eigenvalue weighted by molar-refractivity contribution is -0.117. The van der Waals surface area contributed by atoms with Crippen molar-refractivity contribution in [3.63, 3.8) is 0 Å². The standard InChI is InChI=1S/C16H23N3O3/c1-11(2)9-17-16(21)18-12-7-15(20)19(10-12)13-5-4-6-14(8-13)22-3/h4-6,8,11-12H,7,9-10H2,1-3H3,(H2,17,18,21)/t12-/m1/s1. The van der Waals surface area contributed by atoms with Crippen LogP contribution in [0, 0.1) is 5.92 Å². The Morgan fingerprint density at radius 1 is 1.45 bits per heavy atom. The number of methoxy groups -OCH3 is 1. The third-order valence-corrected chi connectivity index (χ3v) is 3.50. The fourth-order valence-electron chi connectivity index (χ4n) is 2.37. The van der Waals surface area contributed by atoms with E-state index in [0.29, 0.717) is 31.2 Å². The Morgan fingerprint density at radius 3 is 2.91 bits per heavy atom. The number of hydrogen-bond donors (Lipinski definition) is 2. The average Bonchev–Trinajstić information content (AvgIpc) is 2.85. The van der Waals surface area contributed by atoms with E-state index in [1.807, 2.05) is 38.1 Å². The van der Waals surface area contributed by atoms with Gasteiger partial charge in [-0.25, -0.2) is 4.79 Å². The van der Waals surface area contributed by atoms with E-state index in [2.05, 4.69) is 10.6 Å². The van der Waals surface area contributed by atoms with E-state index in [1.165, 1.54) is 0 Å². The number of benzene rings is 1.